The van der Waals surface area contributed by atoms with Gasteiger partial charge in [0.05, 0.1) is 11.8 Å². The van der Waals surface area contributed by atoms with Crippen LogP contribution in [0.5, 0.6) is 0 Å². The zero-order valence-electron chi connectivity index (χ0n) is 23.9. The number of ether oxygens (including phenoxy) is 1. The highest BCUT2D eigenvalue weighted by molar-refractivity contribution is 6.30. The van der Waals surface area contributed by atoms with Gasteiger partial charge in [0, 0.05) is 55.5 Å². The van der Waals surface area contributed by atoms with Crippen molar-refractivity contribution in [3.8, 4) is 22.4 Å². The van der Waals surface area contributed by atoms with Crippen molar-refractivity contribution in [2.24, 2.45) is 0 Å². The maximum Gasteiger partial charge on any atom is 0.254 e. The van der Waals surface area contributed by atoms with Crippen molar-refractivity contribution < 1.29 is 14.3 Å². The number of carbonyl (C=O) groups excluding carboxylic acids is 2. The molecule has 8 nitrogen and oxygen atoms in total. The fraction of sp³-hybridized carbons (Fsp3) is 0.294. The number of amides is 2. The lowest BCUT2D eigenvalue weighted by Gasteiger charge is -2.36. The fourth-order valence-corrected chi connectivity index (χ4v) is 5.71. The number of hydrogen-bond donors (Lipinski definition) is 0. The number of halogens is 1. The highest BCUT2D eigenvalue weighted by Gasteiger charge is 2.29. The Morgan fingerprint density at radius 2 is 1.51 bits per heavy atom. The molecule has 0 N–H and O–H groups in total. The second-order valence-electron chi connectivity index (χ2n) is 10.9. The largest absolute Gasteiger partial charge is 0.376 e. The molecule has 2 aliphatic rings. The van der Waals surface area contributed by atoms with Crippen LogP contribution in [-0.2, 0) is 9.53 Å². The third-order valence-corrected chi connectivity index (χ3v) is 8.30. The summed E-state index contributed by atoms with van der Waals surface area (Å²) in [5.74, 6) is 0.527. The molecule has 3 heterocycles. The summed E-state index contributed by atoms with van der Waals surface area (Å²) in [7, 11) is 0. The zero-order valence-corrected chi connectivity index (χ0v) is 24.7. The summed E-state index contributed by atoms with van der Waals surface area (Å²) in [6.45, 7) is 3.47. The zero-order chi connectivity index (χ0) is 29.6. The second-order valence-corrected chi connectivity index (χ2v) is 11.4. The van der Waals surface area contributed by atoms with Crippen LogP contribution in [0.3, 0.4) is 0 Å². The van der Waals surface area contributed by atoms with Gasteiger partial charge < -0.3 is 19.4 Å². The van der Waals surface area contributed by atoms with Gasteiger partial charge in [0.2, 0.25) is 5.91 Å². The van der Waals surface area contributed by atoms with E-state index in [0.717, 1.165) is 35.5 Å². The first-order valence-electron chi connectivity index (χ1n) is 14.7. The van der Waals surface area contributed by atoms with Crippen LogP contribution in [0, 0.1) is 0 Å². The van der Waals surface area contributed by atoms with Crippen LogP contribution in [0.4, 0.5) is 5.82 Å². The molecule has 1 atom stereocenters. The Labute approximate surface area is 256 Å². The second kappa shape index (κ2) is 13.4. The van der Waals surface area contributed by atoms with Gasteiger partial charge in [0.15, 0.2) is 5.82 Å². The summed E-state index contributed by atoms with van der Waals surface area (Å²) in [6.07, 6.45) is 1.80. The smallest absolute Gasteiger partial charge is 0.254 e. The normalized spacial score (nSPS) is 16.7. The average Bonchev–Trinajstić information content (AvgIpc) is 3.58. The maximum atomic E-state index is 13.4. The number of nitrogens with zero attached hydrogens (tertiary/aromatic N) is 5. The van der Waals surface area contributed by atoms with Crippen LogP contribution in [0.25, 0.3) is 22.4 Å². The first-order valence-corrected chi connectivity index (χ1v) is 15.1. The van der Waals surface area contributed by atoms with E-state index in [9.17, 15) is 9.59 Å². The van der Waals surface area contributed by atoms with Crippen molar-refractivity contribution in [2.75, 3.05) is 50.8 Å². The lowest BCUT2D eigenvalue weighted by atomic mass is 10.0. The number of piperazine rings is 1. The SMILES string of the molecule is O=C(CN(C[C@H]1CCCO1)C(=O)c1ccc(Cl)cc1)N1CCN(c2ccc(-c3ccc(-c4ccccc4)cc3)nn2)CC1. The van der Waals surface area contributed by atoms with Crippen LogP contribution in [0.1, 0.15) is 23.2 Å². The molecule has 2 amide bonds. The highest BCUT2D eigenvalue weighted by Crippen LogP contribution is 2.25. The molecule has 0 spiro atoms. The summed E-state index contributed by atoms with van der Waals surface area (Å²) >= 11 is 6.02. The predicted octanol–water partition coefficient (Wildman–Crippen LogP) is 5.43. The van der Waals surface area contributed by atoms with Crippen LogP contribution >= 0.6 is 11.6 Å². The van der Waals surface area contributed by atoms with Crippen LogP contribution < -0.4 is 4.90 Å². The van der Waals surface area contributed by atoms with E-state index in [1.807, 2.05) is 35.2 Å². The quantitative estimate of drug-likeness (QED) is 0.270. The Balaban J connectivity index is 1.05. The van der Waals surface area contributed by atoms with E-state index in [2.05, 4.69) is 51.5 Å². The van der Waals surface area contributed by atoms with Crippen LogP contribution in [-0.4, -0.2) is 83.8 Å². The van der Waals surface area contributed by atoms with Crippen molar-refractivity contribution in [1.29, 1.82) is 0 Å². The molecular formula is C34H34ClN5O3. The van der Waals surface area contributed by atoms with E-state index in [4.69, 9.17) is 16.3 Å². The molecule has 2 fully saturated rings. The summed E-state index contributed by atoms with van der Waals surface area (Å²) in [4.78, 5) is 32.3. The Morgan fingerprint density at radius 1 is 0.814 bits per heavy atom. The number of hydrogen-bond acceptors (Lipinski definition) is 6. The van der Waals surface area contributed by atoms with Gasteiger partial charge in [0.25, 0.3) is 5.91 Å². The molecule has 0 aliphatic carbocycles. The standard InChI is InChI=1S/C34H34ClN5O3/c35-29-14-12-28(13-15-29)34(42)40(23-30-7-4-22-43-30)24-33(41)39-20-18-38(19-21-39)32-17-16-31(36-37-32)27-10-8-26(9-11-27)25-5-2-1-3-6-25/h1-3,5-6,8-17,30H,4,7,18-24H2/t30-/m1/s1. The maximum absolute atomic E-state index is 13.4. The Bertz CT molecular complexity index is 1520. The Hall–Kier alpha value is -4.27. The molecule has 6 rings (SSSR count). The molecule has 1 aromatic heterocycles. The van der Waals surface area contributed by atoms with Crippen molar-refractivity contribution in [2.45, 2.75) is 18.9 Å². The summed E-state index contributed by atoms with van der Waals surface area (Å²) in [5, 5.41) is 9.54. The minimum atomic E-state index is -0.191. The van der Waals surface area contributed by atoms with Gasteiger partial charge >= 0.3 is 0 Å². The lowest BCUT2D eigenvalue weighted by Crippen LogP contribution is -2.52. The predicted molar refractivity (Wildman–Crippen MR) is 168 cm³/mol. The minimum Gasteiger partial charge on any atom is -0.376 e. The van der Waals surface area contributed by atoms with Crippen molar-refractivity contribution in [1.82, 2.24) is 20.0 Å². The molecule has 43 heavy (non-hydrogen) atoms. The summed E-state index contributed by atoms with van der Waals surface area (Å²) < 4.78 is 5.78. The number of rotatable bonds is 8. The Kier molecular flexibility index (Phi) is 8.96. The van der Waals surface area contributed by atoms with Crippen LogP contribution in [0.15, 0.2) is 91.0 Å². The Morgan fingerprint density at radius 3 is 2.16 bits per heavy atom. The average molecular weight is 596 g/mol. The van der Waals surface area contributed by atoms with Gasteiger partial charge in [-0.05, 0) is 60.4 Å². The molecule has 220 valence electrons. The number of carbonyl (C=O) groups is 2. The lowest BCUT2D eigenvalue weighted by molar-refractivity contribution is -0.132. The van der Waals surface area contributed by atoms with Gasteiger partial charge in [-0.1, -0.05) is 66.2 Å². The minimum absolute atomic E-state index is 0.0128. The van der Waals surface area contributed by atoms with Gasteiger partial charge in [-0.3, -0.25) is 9.59 Å². The fourth-order valence-electron chi connectivity index (χ4n) is 5.59. The van der Waals surface area contributed by atoms with Gasteiger partial charge in [-0.2, -0.15) is 0 Å². The molecule has 0 saturated carbocycles. The highest BCUT2D eigenvalue weighted by atomic mass is 35.5. The van der Waals surface area contributed by atoms with Gasteiger partial charge in [0.1, 0.15) is 6.54 Å². The van der Waals surface area contributed by atoms with Crippen molar-refractivity contribution in [3.63, 3.8) is 0 Å². The monoisotopic (exact) mass is 595 g/mol. The molecule has 4 aromatic rings. The molecule has 2 saturated heterocycles. The van der Waals surface area contributed by atoms with E-state index in [1.54, 1.807) is 29.2 Å². The molecule has 2 aliphatic heterocycles. The topological polar surface area (TPSA) is 78.9 Å². The first-order chi connectivity index (χ1) is 21.0. The van der Waals surface area contributed by atoms with E-state index in [-0.39, 0.29) is 24.5 Å². The number of aromatic nitrogens is 2. The number of anilines is 1. The third kappa shape index (κ3) is 7.04. The molecule has 3 aromatic carbocycles. The summed E-state index contributed by atoms with van der Waals surface area (Å²) in [5.41, 5.74) is 4.67. The molecule has 0 bridgehead atoms. The number of benzene rings is 3. The molecule has 0 radical (unpaired) electrons. The van der Waals surface area contributed by atoms with E-state index in [1.165, 1.54) is 5.56 Å². The van der Waals surface area contributed by atoms with E-state index < -0.39 is 0 Å². The van der Waals surface area contributed by atoms with Gasteiger partial charge in [-0.15, -0.1) is 10.2 Å². The summed E-state index contributed by atoms with van der Waals surface area (Å²) in [6, 6.07) is 29.4. The molecule has 9 heteroatoms. The molecular weight excluding hydrogens is 562 g/mol. The van der Waals surface area contributed by atoms with Crippen molar-refractivity contribution in [3.05, 3.63) is 102 Å². The van der Waals surface area contributed by atoms with Crippen LogP contribution in [0.2, 0.25) is 5.02 Å². The van der Waals surface area contributed by atoms with Gasteiger partial charge in [-0.25, -0.2) is 0 Å². The van der Waals surface area contributed by atoms with E-state index in [0.29, 0.717) is 49.9 Å². The van der Waals surface area contributed by atoms with Crippen molar-refractivity contribution >= 4 is 29.2 Å². The molecule has 0 unspecified atom stereocenters. The third-order valence-electron chi connectivity index (χ3n) is 8.05. The van der Waals surface area contributed by atoms with E-state index >= 15 is 0 Å². The first kappa shape index (κ1) is 28.8.